The Labute approximate surface area is 126 Å². The number of fused-ring (bicyclic) bond motifs is 1. The van der Waals surface area contributed by atoms with Crippen LogP contribution in [0.2, 0.25) is 0 Å². The highest BCUT2D eigenvalue weighted by Gasteiger charge is 2.17. The molecular weight excluding hydrogens is 260 g/mol. The molecule has 0 radical (unpaired) electrons. The lowest BCUT2D eigenvalue weighted by molar-refractivity contribution is 0.663. The Hall–Kier alpha value is -1.94. The maximum atomic E-state index is 5.93. The average Bonchev–Trinajstić information content (AvgIpc) is 2.54. The molecular formula is C17H22N4. The standard InChI is InChI=1S/C17H22N4/c1-21(12-15-7-4-5-9-19-15)17-14(11-18)10-13-6-2-3-8-16(13)20-17/h4-5,7,9-10H,2-3,6,8,11-12,18H2,1H3. The quantitative estimate of drug-likeness (QED) is 0.936. The molecule has 1 aliphatic rings. The molecule has 4 nitrogen and oxygen atoms in total. The molecule has 0 fully saturated rings. The molecule has 2 heterocycles. The smallest absolute Gasteiger partial charge is 0.133 e. The van der Waals surface area contributed by atoms with E-state index in [2.05, 4.69) is 23.0 Å². The molecule has 3 rings (SSSR count). The monoisotopic (exact) mass is 282 g/mol. The fraction of sp³-hybridized carbons (Fsp3) is 0.412. The van der Waals surface area contributed by atoms with E-state index in [1.54, 1.807) is 0 Å². The highest BCUT2D eigenvalue weighted by molar-refractivity contribution is 5.50. The Morgan fingerprint density at radius 1 is 1.24 bits per heavy atom. The fourth-order valence-corrected chi connectivity index (χ4v) is 2.96. The van der Waals surface area contributed by atoms with Crippen molar-refractivity contribution in [3.63, 3.8) is 0 Å². The van der Waals surface area contributed by atoms with Crippen LogP contribution in [-0.2, 0) is 25.9 Å². The molecule has 110 valence electrons. The Morgan fingerprint density at radius 3 is 2.86 bits per heavy atom. The van der Waals surface area contributed by atoms with Crippen LogP contribution < -0.4 is 10.6 Å². The maximum Gasteiger partial charge on any atom is 0.133 e. The van der Waals surface area contributed by atoms with Gasteiger partial charge in [0.2, 0.25) is 0 Å². The van der Waals surface area contributed by atoms with Crippen molar-refractivity contribution in [2.24, 2.45) is 5.73 Å². The maximum absolute atomic E-state index is 5.93. The van der Waals surface area contributed by atoms with E-state index in [1.807, 2.05) is 24.4 Å². The Balaban J connectivity index is 1.89. The topological polar surface area (TPSA) is 55.0 Å². The van der Waals surface area contributed by atoms with Crippen LogP contribution >= 0.6 is 0 Å². The lowest BCUT2D eigenvalue weighted by Crippen LogP contribution is -2.22. The van der Waals surface area contributed by atoms with Crippen LogP contribution in [0.25, 0.3) is 0 Å². The number of hydrogen-bond donors (Lipinski definition) is 1. The van der Waals surface area contributed by atoms with Crippen LogP contribution in [0.4, 0.5) is 5.82 Å². The van der Waals surface area contributed by atoms with E-state index >= 15 is 0 Å². The number of aromatic nitrogens is 2. The van der Waals surface area contributed by atoms with Crippen LogP contribution in [-0.4, -0.2) is 17.0 Å². The van der Waals surface area contributed by atoms with E-state index in [9.17, 15) is 0 Å². The van der Waals surface area contributed by atoms with Crippen LogP contribution in [0.5, 0.6) is 0 Å². The van der Waals surface area contributed by atoms with E-state index in [4.69, 9.17) is 10.7 Å². The number of anilines is 1. The van der Waals surface area contributed by atoms with Crippen molar-refractivity contribution in [2.75, 3.05) is 11.9 Å². The predicted octanol–water partition coefficient (Wildman–Crippen LogP) is 2.45. The van der Waals surface area contributed by atoms with Crippen LogP contribution in [0.1, 0.15) is 35.4 Å². The third-order valence-electron chi connectivity index (χ3n) is 4.06. The van der Waals surface area contributed by atoms with E-state index in [1.165, 1.54) is 24.1 Å². The van der Waals surface area contributed by atoms with E-state index in [-0.39, 0.29) is 0 Å². The zero-order valence-electron chi connectivity index (χ0n) is 12.5. The van der Waals surface area contributed by atoms with Crippen molar-refractivity contribution in [3.8, 4) is 0 Å². The second kappa shape index (κ2) is 6.22. The predicted molar refractivity (Wildman–Crippen MR) is 85.1 cm³/mol. The van der Waals surface area contributed by atoms with Crippen LogP contribution in [0.15, 0.2) is 30.5 Å². The summed E-state index contributed by atoms with van der Waals surface area (Å²) in [4.78, 5) is 11.4. The Bertz CT molecular complexity index is 610. The molecule has 0 saturated heterocycles. The molecule has 21 heavy (non-hydrogen) atoms. The van der Waals surface area contributed by atoms with Crippen molar-refractivity contribution in [3.05, 3.63) is 53.0 Å². The summed E-state index contributed by atoms with van der Waals surface area (Å²) in [5, 5.41) is 0. The van der Waals surface area contributed by atoms with E-state index < -0.39 is 0 Å². The number of rotatable bonds is 4. The van der Waals surface area contributed by atoms with Crippen molar-refractivity contribution in [1.82, 2.24) is 9.97 Å². The largest absolute Gasteiger partial charge is 0.354 e. The molecule has 1 aliphatic carbocycles. The second-order valence-corrected chi connectivity index (χ2v) is 5.67. The first-order valence-electron chi connectivity index (χ1n) is 7.60. The summed E-state index contributed by atoms with van der Waals surface area (Å²) in [7, 11) is 2.06. The SMILES string of the molecule is CN(Cc1ccccn1)c1nc2c(cc1CN)CCCC2. The number of aryl methyl sites for hydroxylation is 2. The molecule has 0 atom stereocenters. The molecule has 4 heteroatoms. The second-order valence-electron chi connectivity index (χ2n) is 5.67. The zero-order chi connectivity index (χ0) is 14.7. The van der Waals surface area contributed by atoms with Gasteiger partial charge in [0.25, 0.3) is 0 Å². The molecule has 2 N–H and O–H groups in total. The summed E-state index contributed by atoms with van der Waals surface area (Å²) in [5.41, 5.74) is 10.7. The lowest BCUT2D eigenvalue weighted by Gasteiger charge is -2.24. The summed E-state index contributed by atoms with van der Waals surface area (Å²) in [6.07, 6.45) is 6.56. The lowest BCUT2D eigenvalue weighted by atomic mass is 9.94. The molecule has 2 aromatic heterocycles. The summed E-state index contributed by atoms with van der Waals surface area (Å²) < 4.78 is 0. The summed E-state index contributed by atoms with van der Waals surface area (Å²) in [6, 6.07) is 8.25. The zero-order valence-corrected chi connectivity index (χ0v) is 12.5. The molecule has 0 amide bonds. The third kappa shape index (κ3) is 3.05. The third-order valence-corrected chi connectivity index (χ3v) is 4.06. The van der Waals surface area contributed by atoms with E-state index in [0.717, 1.165) is 36.5 Å². The van der Waals surface area contributed by atoms with Gasteiger partial charge in [-0.05, 0) is 49.4 Å². The highest BCUT2D eigenvalue weighted by Crippen LogP contribution is 2.26. The molecule has 0 aromatic carbocycles. The Kier molecular flexibility index (Phi) is 4.15. The van der Waals surface area contributed by atoms with Crippen molar-refractivity contribution >= 4 is 5.82 Å². The van der Waals surface area contributed by atoms with Gasteiger partial charge in [-0.25, -0.2) is 4.98 Å². The molecule has 0 bridgehead atoms. The van der Waals surface area contributed by atoms with Gasteiger partial charge >= 0.3 is 0 Å². The molecule has 0 spiro atoms. The molecule has 0 saturated carbocycles. The van der Waals surface area contributed by atoms with Gasteiger partial charge in [0.15, 0.2) is 0 Å². The molecule has 0 unspecified atom stereocenters. The first-order valence-corrected chi connectivity index (χ1v) is 7.60. The normalized spacial score (nSPS) is 13.8. The minimum absolute atomic E-state index is 0.530. The summed E-state index contributed by atoms with van der Waals surface area (Å²) >= 11 is 0. The van der Waals surface area contributed by atoms with Gasteiger partial charge in [-0.15, -0.1) is 0 Å². The minimum atomic E-state index is 0.530. The van der Waals surface area contributed by atoms with Crippen molar-refractivity contribution < 1.29 is 0 Å². The van der Waals surface area contributed by atoms with Gasteiger partial charge < -0.3 is 10.6 Å². The van der Waals surface area contributed by atoms with Gasteiger partial charge in [0.05, 0.1) is 12.2 Å². The van der Waals surface area contributed by atoms with E-state index in [0.29, 0.717) is 6.54 Å². The van der Waals surface area contributed by atoms with Gasteiger partial charge in [-0.3, -0.25) is 4.98 Å². The highest BCUT2D eigenvalue weighted by atomic mass is 15.2. The fourth-order valence-electron chi connectivity index (χ4n) is 2.96. The van der Waals surface area contributed by atoms with Gasteiger partial charge in [0.1, 0.15) is 5.82 Å². The molecule has 2 aromatic rings. The summed E-state index contributed by atoms with van der Waals surface area (Å²) in [6.45, 7) is 1.28. The minimum Gasteiger partial charge on any atom is -0.354 e. The van der Waals surface area contributed by atoms with Crippen LogP contribution in [0, 0.1) is 0 Å². The molecule has 0 aliphatic heterocycles. The Morgan fingerprint density at radius 2 is 2.10 bits per heavy atom. The first kappa shape index (κ1) is 14.0. The first-order chi connectivity index (χ1) is 10.3. The van der Waals surface area contributed by atoms with Crippen molar-refractivity contribution in [1.29, 1.82) is 0 Å². The number of nitrogens with two attached hydrogens (primary N) is 1. The van der Waals surface area contributed by atoms with Gasteiger partial charge in [0, 0.05) is 31.0 Å². The van der Waals surface area contributed by atoms with Gasteiger partial charge in [-0.2, -0.15) is 0 Å². The van der Waals surface area contributed by atoms with Crippen LogP contribution in [0.3, 0.4) is 0 Å². The summed E-state index contributed by atoms with van der Waals surface area (Å²) in [5.74, 6) is 1.00. The van der Waals surface area contributed by atoms with Gasteiger partial charge in [-0.1, -0.05) is 6.07 Å². The number of pyridine rings is 2. The average molecular weight is 282 g/mol. The number of nitrogens with zero attached hydrogens (tertiary/aromatic N) is 3. The number of hydrogen-bond acceptors (Lipinski definition) is 4. The van der Waals surface area contributed by atoms with Crippen molar-refractivity contribution in [2.45, 2.75) is 38.8 Å².